The molecule has 0 atom stereocenters. The zero-order valence-corrected chi connectivity index (χ0v) is 11.7. The summed E-state index contributed by atoms with van der Waals surface area (Å²) in [6.07, 6.45) is 5.49. The van der Waals surface area contributed by atoms with Crippen LogP contribution in [-0.4, -0.2) is 21.5 Å². The van der Waals surface area contributed by atoms with Crippen molar-refractivity contribution in [2.45, 2.75) is 19.8 Å². The summed E-state index contributed by atoms with van der Waals surface area (Å²) >= 11 is 0. The fourth-order valence-corrected chi connectivity index (χ4v) is 2.47. The summed E-state index contributed by atoms with van der Waals surface area (Å²) in [5, 5.41) is 0. The van der Waals surface area contributed by atoms with Crippen LogP contribution in [0.25, 0.3) is 0 Å². The van der Waals surface area contributed by atoms with Crippen molar-refractivity contribution in [1.29, 1.82) is 0 Å². The van der Waals surface area contributed by atoms with Crippen LogP contribution in [0.5, 0.6) is 0 Å². The van der Waals surface area contributed by atoms with Crippen molar-refractivity contribution >= 4 is 11.6 Å². The molecule has 1 aromatic carbocycles. The van der Waals surface area contributed by atoms with Crippen LogP contribution in [0.1, 0.15) is 38.9 Å². The molecular weight excluding hydrogens is 264 g/mol. The molecule has 0 aliphatic heterocycles. The zero-order chi connectivity index (χ0) is 14.8. The molecule has 1 heterocycles. The average Bonchev–Trinajstić information content (AvgIpc) is 2.52. The van der Waals surface area contributed by atoms with Crippen molar-refractivity contribution in [3.8, 4) is 0 Å². The maximum atomic E-state index is 12.4. The molecule has 0 N–H and O–H groups in total. The molecule has 4 nitrogen and oxygen atoms in total. The van der Waals surface area contributed by atoms with Crippen molar-refractivity contribution in [3.63, 3.8) is 0 Å². The number of Topliss-reactive ketones (excluding diaryl/α,β-unsaturated/α-hetero) is 1. The smallest absolute Gasteiger partial charge is 0.205 e. The number of aromatic nitrogens is 2. The van der Waals surface area contributed by atoms with Crippen LogP contribution in [0.2, 0.25) is 0 Å². The van der Waals surface area contributed by atoms with Crippen molar-refractivity contribution in [2.24, 2.45) is 0 Å². The van der Waals surface area contributed by atoms with Crippen LogP contribution in [0, 0.1) is 0 Å². The number of rotatable bonds is 3. The summed E-state index contributed by atoms with van der Waals surface area (Å²) < 4.78 is 0. The molecule has 1 aliphatic carbocycles. The highest BCUT2D eigenvalue weighted by Crippen LogP contribution is 2.22. The van der Waals surface area contributed by atoms with E-state index in [1.54, 1.807) is 0 Å². The minimum atomic E-state index is -0.228. The number of carbonyl (C=O) groups is 2. The molecule has 0 amide bonds. The van der Waals surface area contributed by atoms with Crippen LogP contribution in [0.4, 0.5) is 0 Å². The summed E-state index contributed by atoms with van der Waals surface area (Å²) in [7, 11) is 0. The topological polar surface area (TPSA) is 59.9 Å². The Labute approximate surface area is 122 Å². The van der Waals surface area contributed by atoms with Gasteiger partial charge >= 0.3 is 0 Å². The average molecular weight is 278 g/mol. The Bertz CT molecular complexity index is 763. The first-order valence-electron chi connectivity index (χ1n) is 6.86. The second kappa shape index (κ2) is 5.40. The lowest BCUT2D eigenvalue weighted by Crippen LogP contribution is -2.20. The van der Waals surface area contributed by atoms with Gasteiger partial charge < -0.3 is 0 Å². The largest absolute Gasteiger partial charge is 0.289 e. The summed E-state index contributed by atoms with van der Waals surface area (Å²) in [5.41, 5.74) is 3.23. The maximum Gasteiger partial charge on any atom is 0.205 e. The van der Waals surface area contributed by atoms with E-state index in [4.69, 9.17) is 0 Å². The molecule has 0 bridgehead atoms. The molecule has 104 valence electrons. The van der Waals surface area contributed by atoms with Crippen LogP contribution in [-0.2, 0) is 12.8 Å². The van der Waals surface area contributed by atoms with Crippen molar-refractivity contribution < 1.29 is 9.59 Å². The number of nitrogens with zero attached hydrogens (tertiary/aromatic N) is 2. The van der Waals surface area contributed by atoms with Gasteiger partial charge in [0.15, 0.2) is 5.78 Å². The van der Waals surface area contributed by atoms with Gasteiger partial charge in [-0.3, -0.25) is 9.59 Å². The minimum absolute atomic E-state index is 0.160. The molecule has 0 radical (unpaired) electrons. The van der Waals surface area contributed by atoms with E-state index in [1.807, 2.05) is 12.1 Å². The highest BCUT2D eigenvalue weighted by atomic mass is 16.1. The Morgan fingerprint density at radius 2 is 1.95 bits per heavy atom. The fourth-order valence-electron chi connectivity index (χ4n) is 2.47. The number of ketones is 2. The first-order valence-corrected chi connectivity index (χ1v) is 6.86. The van der Waals surface area contributed by atoms with E-state index in [-0.39, 0.29) is 17.3 Å². The predicted octanol–water partition coefficient (Wildman–Crippen LogP) is 2.59. The monoisotopic (exact) mass is 278 g/mol. The molecule has 2 aromatic rings. The first-order chi connectivity index (χ1) is 10.2. The SMILES string of the molecule is CCc1cccc(CC2=CC(=O)c3ncncc3C2=O)c1. The number of allylic oxidation sites excluding steroid dienone is 2. The van der Waals surface area contributed by atoms with Crippen LogP contribution >= 0.6 is 0 Å². The van der Waals surface area contributed by atoms with Crippen LogP contribution < -0.4 is 0 Å². The highest BCUT2D eigenvalue weighted by Gasteiger charge is 2.26. The molecule has 0 saturated heterocycles. The molecule has 4 heteroatoms. The summed E-state index contributed by atoms with van der Waals surface area (Å²) in [6, 6.07) is 8.06. The standard InChI is InChI=1S/C17H14N2O2/c1-2-11-4-3-5-12(6-11)7-13-8-15(20)16-14(17(13)21)9-18-10-19-16/h3-6,8-10H,2,7H2,1H3. The van der Waals surface area contributed by atoms with E-state index < -0.39 is 0 Å². The van der Waals surface area contributed by atoms with E-state index in [2.05, 4.69) is 29.0 Å². The fraction of sp³-hybridized carbons (Fsp3) is 0.176. The van der Waals surface area contributed by atoms with Gasteiger partial charge in [-0.05, 0) is 23.6 Å². The van der Waals surface area contributed by atoms with Crippen LogP contribution in [0.15, 0.2) is 48.4 Å². The quantitative estimate of drug-likeness (QED) is 0.865. The Kier molecular flexibility index (Phi) is 3.44. The van der Waals surface area contributed by atoms with Gasteiger partial charge in [0.1, 0.15) is 12.0 Å². The van der Waals surface area contributed by atoms with Gasteiger partial charge in [-0.1, -0.05) is 31.2 Å². The van der Waals surface area contributed by atoms with Gasteiger partial charge in [0.2, 0.25) is 5.78 Å². The molecule has 3 rings (SSSR count). The first kappa shape index (κ1) is 13.4. The Morgan fingerprint density at radius 1 is 1.14 bits per heavy atom. The maximum absolute atomic E-state index is 12.4. The van der Waals surface area contributed by atoms with Crippen molar-refractivity contribution in [2.75, 3.05) is 0 Å². The predicted molar refractivity (Wildman–Crippen MR) is 78.3 cm³/mol. The summed E-state index contributed by atoms with van der Waals surface area (Å²) in [6.45, 7) is 2.08. The van der Waals surface area contributed by atoms with Crippen molar-refractivity contribution in [1.82, 2.24) is 9.97 Å². The Morgan fingerprint density at radius 3 is 2.76 bits per heavy atom. The number of carbonyl (C=O) groups excluding carboxylic acids is 2. The van der Waals surface area contributed by atoms with E-state index in [0.717, 1.165) is 12.0 Å². The van der Waals surface area contributed by atoms with Gasteiger partial charge in [-0.2, -0.15) is 0 Å². The molecule has 0 spiro atoms. The molecule has 0 unspecified atom stereocenters. The van der Waals surface area contributed by atoms with Gasteiger partial charge in [-0.25, -0.2) is 9.97 Å². The number of hydrogen-bond donors (Lipinski definition) is 0. The lowest BCUT2D eigenvalue weighted by atomic mass is 9.90. The summed E-state index contributed by atoms with van der Waals surface area (Å²) in [5.74, 6) is -0.388. The third-order valence-electron chi connectivity index (χ3n) is 3.58. The second-order valence-electron chi connectivity index (χ2n) is 5.00. The molecule has 1 aliphatic rings. The third-order valence-corrected chi connectivity index (χ3v) is 3.58. The lowest BCUT2D eigenvalue weighted by Gasteiger charge is -2.14. The van der Waals surface area contributed by atoms with Gasteiger partial charge in [0.25, 0.3) is 0 Å². The van der Waals surface area contributed by atoms with E-state index in [0.29, 0.717) is 17.6 Å². The second-order valence-corrected chi connectivity index (χ2v) is 5.00. The molecular formula is C17H14N2O2. The van der Waals surface area contributed by atoms with Crippen molar-refractivity contribution in [3.05, 3.63) is 70.8 Å². The number of benzene rings is 1. The number of aryl methyl sites for hydroxylation is 1. The summed E-state index contributed by atoms with van der Waals surface area (Å²) in [4.78, 5) is 32.2. The zero-order valence-electron chi connectivity index (χ0n) is 11.7. The molecule has 21 heavy (non-hydrogen) atoms. The number of fused-ring (bicyclic) bond motifs is 1. The van der Waals surface area contributed by atoms with Crippen LogP contribution in [0.3, 0.4) is 0 Å². The minimum Gasteiger partial charge on any atom is -0.289 e. The number of hydrogen-bond acceptors (Lipinski definition) is 4. The van der Waals surface area contributed by atoms with E-state index >= 15 is 0 Å². The Balaban J connectivity index is 1.93. The Hall–Kier alpha value is -2.62. The van der Waals surface area contributed by atoms with E-state index in [1.165, 1.54) is 24.2 Å². The van der Waals surface area contributed by atoms with Gasteiger partial charge in [0, 0.05) is 18.2 Å². The highest BCUT2D eigenvalue weighted by molar-refractivity contribution is 6.23. The normalized spacial score (nSPS) is 13.9. The van der Waals surface area contributed by atoms with Gasteiger partial charge in [0.05, 0.1) is 5.56 Å². The lowest BCUT2D eigenvalue weighted by molar-refractivity contribution is 0.0978. The third kappa shape index (κ3) is 2.52. The van der Waals surface area contributed by atoms with Gasteiger partial charge in [-0.15, -0.1) is 0 Å². The molecule has 1 aromatic heterocycles. The molecule has 0 saturated carbocycles. The van der Waals surface area contributed by atoms with E-state index in [9.17, 15) is 9.59 Å². The molecule has 0 fully saturated rings.